The van der Waals surface area contributed by atoms with Crippen LogP contribution in [0.1, 0.15) is 32.6 Å². The van der Waals surface area contributed by atoms with Crippen molar-refractivity contribution in [1.82, 2.24) is 0 Å². The normalized spacial score (nSPS) is 26.0. The third-order valence-electron chi connectivity index (χ3n) is 4.87. The first-order chi connectivity index (χ1) is 10.0. The SMILES string of the molecule is CCOC1CC(Nc2cc(F)cc([N+](=O)[O-])c2)C12CCC2. The van der Waals surface area contributed by atoms with Gasteiger partial charge in [-0.05, 0) is 32.3 Å². The van der Waals surface area contributed by atoms with E-state index in [1.807, 2.05) is 6.92 Å². The van der Waals surface area contributed by atoms with E-state index in [-0.39, 0.29) is 23.2 Å². The monoisotopic (exact) mass is 294 g/mol. The predicted octanol–water partition coefficient (Wildman–Crippen LogP) is 3.49. The third kappa shape index (κ3) is 2.37. The van der Waals surface area contributed by atoms with Gasteiger partial charge in [-0.2, -0.15) is 0 Å². The molecule has 0 bridgehead atoms. The lowest BCUT2D eigenvalue weighted by Crippen LogP contribution is -2.64. The molecule has 1 spiro atoms. The van der Waals surface area contributed by atoms with Crippen LogP contribution in [0.3, 0.4) is 0 Å². The van der Waals surface area contributed by atoms with Gasteiger partial charge in [-0.25, -0.2) is 4.39 Å². The number of nitro benzene ring substituents is 1. The number of halogens is 1. The molecule has 21 heavy (non-hydrogen) atoms. The first-order valence-corrected chi connectivity index (χ1v) is 7.38. The minimum absolute atomic E-state index is 0.136. The molecule has 1 aromatic rings. The Balaban J connectivity index is 1.74. The Bertz CT molecular complexity index is 560. The summed E-state index contributed by atoms with van der Waals surface area (Å²) in [6.45, 7) is 2.69. The average molecular weight is 294 g/mol. The Labute approximate surface area is 122 Å². The van der Waals surface area contributed by atoms with Gasteiger partial charge in [0.25, 0.3) is 5.69 Å². The van der Waals surface area contributed by atoms with Crippen molar-refractivity contribution in [3.05, 3.63) is 34.1 Å². The molecule has 2 aliphatic rings. The molecule has 2 unspecified atom stereocenters. The van der Waals surface area contributed by atoms with Crippen LogP contribution in [0.4, 0.5) is 15.8 Å². The smallest absolute Gasteiger partial charge is 0.274 e. The van der Waals surface area contributed by atoms with Crippen LogP contribution in [-0.4, -0.2) is 23.7 Å². The highest BCUT2D eigenvalue weighted by Crippen LogP contribution is 2.58. The van der Waals surface area contributed by atoms with Crippen molar-refractivity contribution in [2.75, 3.05) is 11.9 Å². The van der Waals surface area contributed by atoms with Gasteiger partial charge in [0.2, 0.25) is 0 Å². The Morgan fingerprint density at radius 2 is 2.24 bits per heavy atom. The summed E-state index contributed by atoms with van der Waals surface area (Å²) in [4.78, 5) is 10.2. The number of nitrogens with zero attached hydrogens (tertiary/aromatic N) is 1. The second kappa shape index (κ2) is 5.26. The lowest BCUT2D eigenvalue weighted by Gasteiger charge is -2.61. The highest BCUT2D eigenvalue weighted by atomic mass is 19.1. The molecule has 1 N–H and O–H groups in total. The molecular weight excluding hydrogens is 275 g/mol. The molecule has 0 amide bonds. The minimum atomic E-state index is -0.588. The topological polar surface area (TPSA) is 64.4 Å². The number of hydrogen-bond acceptors (Lipinski definition) is 4. The third-order valence-corrected chi connectivity index (χ3v) is 4.87. The summed E-state index contributed by atoms with van der Waals surface area (Å²) in [5.74, 6) is -0.588. The van der Waals surface area contributed by atoms with Crippen LogP contribution in [0.5, 0.6) is 0 Å². The van der Waals surface area contributed by atoms with E-state index in [2.05, 4.69) is 5.32 Å². The summed E-state index contributed by atoms with van der Waals surface area (Å²) in [6.07, 6.45) is 4.53. The van der Waals surface area contributed by atoms with Crippen LogP contribution in [0.2, 0.25) is 0 Å². The van der Waals surface area contributed by atoms with E-state index in [0.29, 0.717) is 12.3 Å². The lowest BCUT2D eigenvalue weighted by atomic mass is 9.51. The maximum atomic E-state index is 13.5. The van der Waals surface area contributed by atoms with Crippen molar-refractivity contribution >= 4 is 11.4 Å². The van der Waals surface area contributed by atoms with E-state index in [0.717, 1.165) is 25.3 Å². The fourth-order valence-corrected chi connectivity index (χ4v) is 3.60. The van der Waals surface area contributed by atoms with Gasteiger partial charge >= 0.3 is 0 Å². The van der Waals surface area contributed by atoms with E-state index in [1.165, 1.54) is 18.6 Å². The summed E-state index contributed by atoms with van der Waals surface area (Å²) in [5, 5.41) is 14.1. The van der Waals surface area contributed by atoms with Crippen LogP contribution in [0.15, 0.2) is 18.2 Å². The van der Waals surface area contributed by atoms with E-state index in [1.54, 1.807) is 0 Å². The van der Waals surface area contributed by atoms with Crippen LogP contribution >= 0.6 is 0 Å². The lowest BCUT2D eigenvalue weighted by molar-refractivity contribution is -0.385. The molecular formula is C15H19FN2O3. The van der Waals surface area contributed by atoms with Crippen molar-refractivity contribution in [2.24, 2.45) is 5.41 Å². The van der Waals surface area contributed by atoms with E-state index in [4.69, 9.17) is 4.74 Å². The highest BCUT2D eigenvalue weighted by molar-refractivity contribution is 5.53. The Hall–Kier alpha value is -1.69. The van der Waals surface area contributed by atoms with Crippen LogP contribution in [-0.2, 0) is 4.74 Å². The number of ether oxygens (including phenoxy) is 1. The molecule has 114 valence electrons. The number of rotatable bonds is 5. The zero-order valence-electron chi connectivity index (χ0n) is 12.0. The first-order valence-electron chi connectivity index (χ1n) is 7.38. The zero-order valence-corrected chi connectivity index (χ0v) is 12.0. The standard InChI is InChI=1S/C15H19FN2O3/c1-2-21-14-9-13(15(14)4-3-5-15)17-11-6-10(16)7-12(8-11)18(19)20/h6-8,13-14,17H,2-5,9H2,1H3. The second-order valence-electron chi connectivity index (χ2n) is 5.92. The van der Waals surface area contributed by atoms with Gasteiger partial charge in [0, 0.05) is 29.8 Å². The summed E-state index contributed by atoms with van der Waals surface area (Å²) >= 11 is 0. The molecule has 0 aliphatic heterocycles. The molecule has 2 fully saturated rings. The zero-order chi connectivity index (χ0) is 15.0. The molecule has 6 heteroatoms. The summed E-state index contributed by atoms with van der Waals surface area (Å²) < 4.78 is 19.2. The molecule has 0 radical (unpaired) electrons. The van der Waals surface area contributed by atoms with Crippen LogP contribution in [0, 0.1) is 21.3 Å². The average Bonchev–Trinajstić information content (AvgIpc) is 2.34. The Morgan fingerprint density at radius 3 is 2.81 bits per heavy atom. The maximum Gasteiger partial charge on any atom is 0.274 e. The van der Waals surface area contributed by atoms with E-state index < -0.39 is 10.7 Å². The van der Waals surface area contributed by atoms with Gasteiger partial charge in [0.1, 0.15) is 5.82 Å². The van der Waals surface area contributed by atoms with Crippen molar-refractivity contribution in [1.29, 1.82) is 0 Å². The largest absolute Gasteiger partial charge is 0.381 e. The fourth-order valence-electron chi connectivity index (χ4n) is 3.60. The van der Waals surface area contributed by atoms with Crippen molar-refractivity contribution in [3.8, 4) is 0 Å². The molecule has 5 nitrogen and oxygen atoms in total. The molecule has 2 saturated carbocycles. The molecule has 0 heterocycles. The van der Waals surface area contributed by atoms with Crippen molar-refractivity contribution in [2.45, 2.75) is 44.8 Å². The molecule has 3 rings (SSSR count). The Morgan fingerprint density at radius 1 is 1.48 bits per heavy atom. The Kier molecular flexibility index (Phi) is 3.57. The highest BCUT2D eigenvalue weighted by Gasteiger charge is 2.58. The van der Waals surface area contributed by atoms with Gasteiger partial charge < -0.3 is 10.1 Å². The molecule has 2 aliphatic carbocycles. The number of hydrogen-bond donors (Lipinski definition) is 1. The number of nitro groups is 1. The molecule has 2 atom stereocenters. The van der Waals surface area contributed by atoms with Gasteiger partial charge in [-0.1, -0.05) is 6.42 Å². The van der Waals surface area contributed by atoms with Crippen molar-refractivity contribution < 1.29 is 14.1 Å². The number of anilines is 1. The van der Waals surface area contributed by atoms with Crippen LogP contribution in [0.25, 0.3) is 0 Å². The van der Waals surface area contributed by atoms with Crippen LogP contribution < -0.4 is 5.32 Å². The van der Waals surface area contributed by atoms with Crippen molar-refractivity contribution in [3.63, 3.8) is 0 Å². The number of nitrogens with one attached hydrogen (secondary N) is 1. The first kappa shape index (κ1) is 14.3. The minimum Gasteiger partial charge on any atom is -0.381 e. The quantitative estimate of drug-likeness (QED) is 0.667. The van der Waals surface area contributed by atoms with E-state index in [9.17, 15) is 14.5 Å². The number of benzene rings is 1. The van der Waals surface area contributed by atoms with E-state index >= 15 is 0 Å². The maximum absolute atomic E-state index is 13.5. The van der Waals surface area contributed by atoms with Gasteiger partial charge in [-0.15, -0.1) is 0 Å². The molecule has 1 aromatic carbocycles. The summed E-state index contributed by atoms with van der Waals surface area (Å²) in [7, 11) is 0. The molecule has 0 saturated heterocycles. The molecule has 0 aromatic heterocycles. The second-order valence-corrected chi connectivity index (χ2v) is 5.92. The van der Waals surface area contributed by atoms with Gasteiger partial charge in [0.05, 0.1) is 17.1 Å². The fraction of sp³-hybridized carbons (Fsp3) is 0.600. The summed E-state index contributed by atoms with van der Waals surface area (Å²) in [5.41, 5.74) is 0.394. The predicted molar refractivity (Wildman–Crippen MR) is 76.8 cm³/mol. The number of non-ortho nitro benzene ring substituents is 1. The van der Waals surface area contributed by atoms with Gasteiger partial charge in [0.15, 0.2) is 0 Å². The summed E-state index contributed by atoms with van der Waals surface area (Å²) in [6, 6.07) is 3.86. The van der Waals surface area contributed by atoms with Gasteiger partial charge in [-0.3, -0.25) is 10.1 Å².